The average Bonchev–Trinajstić information content (AvgIpc) is 2.58. The van der Waals surface area contributed by atoms with Crippen molar-refractivity contribution in [2.75, 3.05) is 31.1 Å². The van der Waals surface area contributed by atoms with Gasteiger partial charge in [-0.1, -0.05) is 12.8 Å². The Labute approximate surface area is 96.0 Å². The van der Waals surface area contributed by atoms with Gasteiger partial charge >= 0.3 is 0 Å². The van der Waals surface area contributed by atoms with Gasteiger partial charge in [0.1, 0.15) is 0 Å². The van der Waals surface area contributed by atoms with Crippen LogP contribution in [0.3, 0.4) is 0 Å². The van der Waals surface area contributed by atoms with Gasteiger partial charge in [-0.15, -0.1) is 0 Å². The van der Waals surface area contributed by atoms with Crippen molar-refractivity contribution in [1.82, 2.24) is 10.2 Å². The molecule has 1 amide bonds. The van der Waals surface area contributed by atoms with Crippen LogP contribution in [0.1, 0.15) is 25.7 Å². The third-order valence-electron chi connectivity index (χ3n) is 3.14. The molecular weight excluding hydrogens is 208 g/mol. The highest BCUT2D eigenvalue weighted by molar-refractivity contribution is 7.99. The molecule has 2 heterocycles. The first kappa shape index (κ1) is 11.3. The van der Waals surface area contributed by atoms with Crippen molar-refractivity contribution in [1.29, 1.82) is 0 Å². The number of carbonyl (C=O) groups is 1. The topological polar surface area (TPSA) is 32.3 Å². The van der Waals surface area contributed by atoms with Crippen molar-refractivity contribution in [2.45, 2.75) is 31.7 Å². The molecule has 4 heteroatoms. The van der Waals surface area contributed by atoms with E-state index in [9.17, 15) is 4.79 Å². The summed E-state index contributed by atoms with van der Waals surface area (Å²) < 4.78 is 0. The van der Waals surface area contributed by atoms with E-state index in [-0.39, 0.29) is 6.04 Å². The highest BCUT2D eigenvalue weighted by Crippen LogP contribution is 2.14. The molecule has 2 fully saturated rings. The second kappa shape index (κ2) is 5.75. The molecule has 2 aliphatic heterocycles. The Bertz CT molecular complexity index is 209. The lowest BCUT2D eigenvalue weighted by atomic mass is 10.2. The summed E-state index contributed by atoms with van der Waals surface area (Å²) in [5.74, 6) is 2.43. The molecule has 0 aromatic heterocycles. The van der Waals surface area contributed by atoms with Gasteiger partial charge < -0.3 is 10.2 Å². The molecule has 15 heavy (non-hydrogen) atoms. The van der Waals surface area contributed by atoms with Gasteiger partial charge in [-0.25, -0.2) is 0 Å². The van der Waals surface area contributed by atoms with Crippen molar-refractivity contribution in [2.24, 2.45) is 0 Å². The average molecular weight is 228 g/mol. The molecule has 1 unspecified atom stereocenters. The Morgan fingerprint density at radius 2 is 1.93 bits per heavy atom. The van der Waals surface area contributed by atoms with Gasteiger partial charge in [0.25, 0.3) is 0 Å². The monoisotopic (exact) mass is 228 g/mol. The summed E-state index contributed by atoms with van der Waals surface area (Å²) in [6.07, 6.45) is 4.95. The van der Waals surface area contributed by atoms with E-state index in [2.05, 4.69) is 10.2 Å². The minimum absolute atomic E-state index is 0.0850. The number of amides is 1. The van der Waals surface area contributed by atoms with Crippen LogP contribution in [0, 0.1) is 0 Å². The van der Waals surface area contributed by atoms with Gasteiger partial charge in [0.15, 0.2) is 0 Å². The number of hydrogen-bond donors (Lipinski definition) is 1. The molecule has 0 aromatic rings. The molecule has 0 aliphatic carbocycles. The first-order valence-electron chi connectivity index (χ1n) is 5.98. The van der Waals surface area contributed by atoms with Crippen LogP contribution in [0.5, 0.6) is 0 Å². The number of hydrogen-bond acceptors (Lipinski definition) is 3. The molecule has 1 N–H and O–H groups in total. The zero-order valence-corrected chi connectivity index (χ0v) is 10.0. The second-order valence-corrected chi connectivity index (χ2v) is 5.47. The normalized spacial score (nSPS) is 28.5. The van der Waals surface area contributed by atoms with E-state index in [4.69, 9.17) is 0 Å². The molecule has 0 bridgehead atoms. The summed E-state index contributed by atoms with van der Waals surface area (Å²) in [6, 6.07) is 0.0850. The molecule has 3 nitrogen and oxygen atoms in total. The van der Waals surface area contributed by atoms with Gasteiger partial charge in [-0.05, 0) is 12.8 Å². The summed E-state index contributed by atoms with van der Waals surface area (Å²) in [6.45, 7) is 2.93. The quantitative estimate of drug-likeness (QED) is 0.729. The van der Waals surface area contributed by atoms with Crippen LogP contribution in [0.15, 0.2) is 0 Å². The first-order valence-corrected chi connectivity index (χ1v) is 7.13. The number of likely N-dealkylation sites (tertiary alicyclic amines) is 1. The van der Waals surface area contributed by atoms with E-state index >= 15 is 0 Å². The van der Waals surface area contributed by atoms with E-state index in [0.29, 0.717) is 5.91 Å². The minimum atomic E-state index is 0.0850. The molecule has 0 spiro atoms. The number of carbonyl (C=O) groups excluding carboxylic acids is 1. The summed E-state index contributed by atoms with van der Waals surface area (Å²) in [7, 11) is 0. The Balaban J connectivity index is 1.87. The summed E-state index contributed by atoms with van der Waals surface area (Å²) in [5, 5.41) is 3.32. The number of nitrogens with one attached hydrogen (secondary N) is 1. The lowest BCUT2D eigenvalue weighted by Crippen LogP contribution is -2.50. The molecule has 0 radical (unpaired) electrons. The Kier molecular flexibility index (Phi) is 4.32. The van der Waals surface area contributed by atoms with Gasteiger partial charge in [0.2, 0.25) is 5.91 Å². The zero-order valence-electron chi connectivity index (χ0n) is 9.21. The molecule has 2 rings (SSSR count). The Morgan fingerprint density at radius 3 is 2.53 bits per heavy atom. The fourth-order valence-electron chi connectivity index (χ4n) is 2.24. The SMILES string of the molecule is O=C(C1CSCCN1)N1CCCCCC1. The fourth-order valence-corrected chi connectivity index (χ4v) is 3.16. The third-order valence-corrected chi connectivity index (χ3v) is 4.20. The first-order chi connectivity index (χ1) is 7.38. The number of rotatable bonds is 1. The van der Waals surface area contributed by atoms with E-state index in [1.54, 1.807) is 0 Å². The van der Waals surface area contributed by atoms with Gasteiger partial charge in [0.05, 0.1) is 6.04 Å². The van der Waals surface area contributed by atoms with Crippen LogP contribution < -0.4 is 5.32 Å². The minimum Gasteiger partial charge on any atom is -0.341 e. The number of thioether (sulfide) groups is 1. The van der Waals surface area contributed by atoms with Crippen molar-refractivity contribution in [3.05, 3.63) is 0 Å². The van der Waals surface area contributed by atoms with Gasteiger partial charge in [-0.2, -0.15) is 11.8 Å². The van der Waals surface area contributed by atoms with Crippen LogP contribution in [0.4, 0.5) is 0 Å². The van der Waals surface area contributed by atoms with Crippen LogP contribution in [0.25, 0.3) is 0 Å². The largest absolute Gasteiger partial charge is 0.341 e. The Hall–Kier alpha value is -0.220. The summed E-state index contributed by atoms with van der Waals surface area (Å²) >= 11 is 1.89. The number of nitrogens with zero attached hydrogens (tertiary/aromatic N) is 1. The smallest absolute Gasteiger partial charge is 0.240 e. The lowest BCUT2D eigenvalue weighted by Gasteiger charge is -2.28. The van der Waals surface area contributed by atoms with Crippen LogP contribution in [0.2, 0.25) is 0 Å². The van der Waals surface area contributed by atoms with E-state index in [1.165, 1.54) is 25.7 Å². The van der Waals surface area contributed by atoms with Crippen molar-refractivity contribution >= 4 is 17.7 Å². The maximum absolute atomic E-state index is 12.2. The van der Waals surface area contributed by atoms with E-state index in [0.717, 1.165) is 31.1 Å². The highest BCUT2D eigenvalue weighted by Gasteiger charge is 2.25. The Morgan fingerprint density at radius 1 is 1.20 bits per heavy atom. The van der Waals surface area contributed by atoms with Crippen LogP contribution in [-0.4, -0.2) is 48.0 Å². The van der Waals surface area contributed by atoms with E-state index in [1.807, 2.05) is 11.8 Å². The maximum atomic E-state index is 12.2. The zero-order chi connectivity index (χ0) is 10.5. The predicted molar refractivity (Wildman–Crippen MR) is 64.2 cm³/mol. The van der Waals surface area contributed by atoms with Gasteiger partial charge in [0, 0.05) is 31.1 Å². The molecule has 1 atom stereocenters. The van der Waals surface area contributed by atoms with Crippen molar-refractivity contribution in [3.63, 3.8) is 0 Å². The fraction of sp³-hybridized carbons (Fsp3) is 0.909. The third kappa shape index (κ3) is 3.11. The lowest BCUT2D eigenvalue weighted by molar-refractivity contribution is -0.132. The second-order valence-electron chi connectivity index (χ2n) is 4.32. The predicted octanol–water partition coefficient (Wildman–Crippen LogP) is 1.09. The molecule has 0 aromatic carbocycles. The summed E-state index contributed by atoms with van der Waals surface area (Å²) in [4.78, 5) is 14.2. The van der Waals surface area contributed by atoms with E-state index < -0.39 is 0 Å². The summed E-state index contributed by atoms with van der Waals surface area (Å²) in [5.41, 5.74) is 0. The maximum Gasteiger partial charge on any atom is 0.240 e. The standard InChI is InChI=1S/C11H20N2OS/c14-11(10-9-15-8-5-12-10)13-6-3-1-2-4-7-13/h10,12H,1-9H2. The molecule has 2 saturated heterocycles. The van der Waals surface area contributed by atoms with Gasteiger partial charge in [-0.3, -0.25) is 4.79 Å². The molecule has 0 saturated carbocycles. The highest BCUT2D eigenvalue weighted by atomic mass is 32.2. The van der Waals surface area contributed by atoms with Crippen molar-refractivity contribution < 1.29 is 4.79 Å². The van der Waals surface area contributed by atoms with Crippen LogP contribution >= 0.6 is 11.8 Å². The molecule has 86 valence electrons. The molecule has 2 aliphatic rings. The van der Waals surface area contributed by atoms with Crippen LogP contribution in [-0.2, 0) is 4.79 Å². The van der Waals surface area contributed by atoms with Crippen molar-refractivity contribution in [3.8, 4) is 0 Å². The molecular formula is C11H20N2OS.